The van der Waals surface area contributed by atoms with E-state index in [0.29, 0.717) is 0 Å². The van der Waals surface area contributed by atoms with Crippen molar-refractivity contribution in [1.29, 1.82) is 0 Å². The number of hydrogen-bond acceptors (Lipinski definition) is 2. The normalized spacial score (nSPS) is 25.9. The Kier molecular flexibility index (Phi) is 1.72. The van der Waals surface area contributed by atoms with Crippen molar-refractivity contribution in [3.05, 3.63) is 23.3 Å². The maximum atomic E-state index is 10.8. The molecule has 1 aliphatic carbocycles. The molecule has 0 bridgehead atoms. The van der Waals surface area contributed by atoms with Crippen molar-refractivity contribution in [3.8, 4) is 0 Å². The van der Waals surface area contributed by atoms with Crippen molar-refractivity contribution in [1.82, 2.24) is 0 Å². The van der Waals surface area contributed by atoms with E-state index in [1.54, 1.807) is 13.0 Å². The molecule has 1 unspecified atom stereocenters. The van der Waals surface area contributed by atoms with Crippen LogP contribution in [0.5, 0.6) is 0 Å². The lowest BCUT2D eigenvalue weighted by molar-refractivity contribution is -0.120. The van der Waals surface area contributed by atoms with Gasteiger partial charge in [-0.1, -0.05) is 6.08 Å². The first-order valence-corrected chi connectivity index (χ1v) is 3.20. The van der Waals surface area contributed by atoms with Crippen molar-refractivity contribution in [2.24, 2.45) is 0 Å². The van der Waals surface area contributed by atoms with Gasteiger partial charge in [-0.15, -0.1) is 0 Å². The van der Waals surface area contributed by atoms with Gasteiger partial charge in [0.2, 0.25) is 0 Å². The Morgan fingerprint density at radius 1 is 1.40 bits per heavy atom. The third kappa shape index (κ3) is 1.02. The Morgan fingerprint density at radius 3 is 2.50 bits per heavy atom. The molecule has 0 heterocycles. The second-order valence-electron chi connectivity index (χ2n) is 2.50. The summed E-state index contributed by atoms with van der Waals surface area (Å²) >= 11 is 0. The first-order chi connectivity index (χ1) is 4.63. The first kappa shape index (κ1) is 7.22. The molecular formula is C8H10O2. The first-order valence-electron chi connectivity index (χ1n) is 3.20. The Hall–Kier alpha value is -0.890. The van der Waals surface area contributed by atoms with Gasteiger partial charge in [-0.2, -0.15) is 0 Å². The molecule has 0 spiro atoms. The van der Waals surface area contributed by atoms with E-state index in [2.05, 4.69) is 0 Å². The molecule has 10 heavy (non-hydrogen) atoms. The van der Waals surface area contributed by atoms with E-state index in [4.69, 9.17) is 5.11 Å². The molecule has 0 saturated carbocycles. The van der Waals surface area contributed by atoms with E-state index in [0.717, 1.165) is 11.1 Å². The van der Waals surface area contributed by atoms with Crippen LogP contribution in [0.25, 0.3) is 0 Å². The molecular weight excluding hydrogens is 128 g/mol. The largest absolute Gasteiger partial charge is 0.381 e. The fourth-order valence-corrected chi connectivity index (χ4v) is 0.859. The summed E-state index contributed by atoms with van der Waals surface area (Å²) in [6, 6.07) is 0. The van der Waals surface area contributed by atoms with Crippen molar-refractivity contribution < 1.29 is 9.90 Å². The van der Waals surface area contributed by atoms with Crippen LogP contribution in [-0.4, -0.2) is 17.0 Å². The quantitative estimate of drug-likeness (QED) is 0.538. The Morgan fingerprint density at radius 2 is 2.00 bits per heavy atom. The summed E-state index contributed by atoms with van der Waals surface area (Å²) in [7, 11) is 0. The number of carbonyl (C=O) groups is 1. The van der Waals surface area contributed by atoms with Gasteiger partial charge in [-0.25, -0.2) is 0 Å². The highest BCUT2D eigenvalue weighted by atomic mass is 16.3. The van der Waals surface area contributed by atoms with Crippen LogP contribution in [0.4, 0.5) is 0 Å². The van der Waals surface area contributed by atoms with Gasteiger partial charge in [0, 0.05) is 0 Å². The van der Waals surface area contributed by atoms with Crippen LogP contribution < -0.4 is 0 Å². The lowest BCUT2D eigenvalue weighted by Gasteiger charge is -2.13. The highest BCUT2D eigenvalue weighted by Crippen LogP contribution is 2.15. The predicted octanol–water partition coefficient (Wildman–Crippen LogP) is 0.823. The van der Waals surface area contributed by atoms with Crippen molar-refractivity contribution >= 4 is 5.78 Å². The SMILES string of the molecule is CC1=C(C)C(O)C(=O)C=C1. The van der Waals surface area contributed by atoms with Gasteiger partial charge < -0.3 is 5.11 Å². The Balaban J connectivity index is 2.99. The van der Waals surface area contributed by atoms with Gasteiger partial charge in [0.25, 0.3) is 0 Å². The molecule has 0 amide bonds. The summed E-state index contributed by atoms with van der Waals surface area (Å²) < 4.78 is 0. The summed E-state index contributed by atoms with van der Waals surface area (Å²) in [4.78, 5) is 10.8. The molecule has 2 heteroatoms. The minimum Gasteiger partial charge on any atom is -0.381 e. The molecule has 0 radical (unpaired) electrons. The molecule has 1 atom stereocenters. The maximum absolute atomic E-state index is 10.8. The number of aliphatic hydroxyl groups is 1. The van der Waals surface area contributed by atoms with Crippen LogP contribution in [0.1, 0.15) is 13.8 Å². The van der Waals surface area contributed by atoms with Gasteiger partial charge in [0.1, 0.15) is 6.10 Å². The number of hydrogen-bond donors (Lipinski definition) is 1. The van der Waals surface area contributed by atoms with Crippen LogP contribution in [0.15, 0.2) is 23.3 Å². The van der Waals surface area contributed by atoms with E-state index >= 15 is 0 Å². The summed E-state index contributed by atoms with van der Waals surface area (Å²) in [5.41, 5.74) is 1.74. The minimum absolute atomic E-state index is 0.219. The van der Waals surface area contributed by atoms with E-state index in [1.165, 1.54) is 6.08 Å². The second-order valence-corrected chi connectivity index (χ2v) is 2.50. The summed E-state index contributed by atoms with van der Waals surface area (Å²) in [6.07, 6.45) is 2.24. The van der Waals surface area contributed by atoms with E-state index in [9.17, 15) is 4.79 Å². The van der Waals surface area contributed by atoms with Gasteiger partial charge in [-0.05, 0) is 31.1 Å². The van der Waals surface area contributed by atoms with Crippen LogP contribution in [-0.2, 0) is 4.79 Å². The molecule has 0 aromatic carbocycles. The van der Waals surface area contributed by atoms with Crippen LogP contribution in [0, 0.1) is 0 Å². The second kappa shape index (κ2) is 2.39. The van der Waals surface area contributed by atoms with E-state index in [-0.39, 0.29) is 5.78 Å². The average molecular weight is 138 g/mol. The molecule has 0 saturated heterocycles. The molecule has 0 aromatic heterocycles. The fraction of sp³-hybridized carbons (Fsp3) is 0.375. The number of allylic oxidation sites excluding steroid dienone is 2. The zero-order chi connectivity index (χ0) is 7.72. The Labute approximate surface area is 59.9 Å². The lowest BCUT2D eigenvalue weighted by Crippen LogP contribution is -2.22. The molecule has 1 N–H and O–H groups in total. The lowest BCUT2D eigenvalue weighted by atomic mass is 9.97. The molecule has 54 valence electrons. The van der Waals surface area contributed by atoms with Crippen LogP contribution >= 0.6 is 0 Å². The number of rotatable bonds is 0. The number of aliphatic hydroxyl groups excluding tert-OH is 1. The summed E-state index contributed by atoms with van der Waals surface area (Å²) in [5, 5.41) is 9.16. The predicted molar refractivity (Wildman–Crippen MR) is 38.5 cm³/mol. The summed E-state index contributed by atoms with van der Waals surface area (Å²) in [6.45, 7) is 3.64. The van der Waals surface area contributed by atoms with Gasteiger partial charge >= 0.3 is 0 Å². The average Bonchev–Trinajstić information content (AvgIpc) is 1.93. The van der Waals surface area contributed by atoms with Crippen LogP contribution in [0.2, 0.25) is 0 Å². The van der Waals surface area contributed by atoms with E-state index in [1.807, 2.05) is 6.92 Å². The van der Waals surface area contributed by atoms with Gasteiger partial charge in [0.05, 0.1) is 0 Å². The molecule has 0 fully saturated rings. The number of ketones is 1. The van der Waals surface area contributed by atoms with E-state index < -0.39 is 6.10 Å². The molecule has 0 aromatic rings. The van der Waals surface area contributed by atoms with Crippen molar-refractivity contribution in [2.75, 3.05) is 0 Å². The molecule has 1 rings (SSSR count). The Bertz CT molecular complexity index is 223. The standard InChI is InChI=1S/C8H10O2/c1-5-3-4-7(9)8(10)6(5)2/h3-4,8,10H,1-2H3. The number of carbonyl (C=O) groups excluding carboxylic acids is 1. The van der Waals surface area contributed by atoms with Crippen LogP contribution in [0.3, 0.4) is 0 Å². The zero-order valence-corrected chi connectivity index (χ0v) is 6.09. The highest BCUT2D eigenvalue weighted by Gasteiger charge is 2.18. The third-order valence-corrected chi connectivity index (χ3v) is 1.80. The fourth-order valence-electron chi connectivity index (χ4n) is 0.859. The third-order valence-electron chi connectivity index (χ3n) is 1.80. The topological polar surface area (TPSA) is 37.3 Å². The molecule has 1 aliphatic rings. The molecule has 0 aliphatic heterocycles. The van der Waals surface area contributed by atoms with Crippen molar-refractivity contribution in [3.63, 3.8) is 0 Å². The monoisotopic (exact) mass is 138 g/mol. The highest BCUT2D eigenvalue weighted by molar-refractivity contribution is 5.97. The molecule has 2 nitrogen and oxygen atoms in total. The maximum Gasteiger partial charge on any atom is 0.188 e. The zero-order valence-electron chi connectivity index (χ0n) is 6.09. The minimum atomic E-state index is -0.898. The van der Waals surface area contributed by atoms with Crippen molar-refractivity contribution in [2.45, 2.75) is 20.0 Å². The smallest absolute Gasteiger partial charge is 0.188 e. The van der Waals surface area contributed by atoms with Gasteiger partial charge in [0.15, 0.2) is 5.78 Å². The summed E-state index contributed by atoms with van der Waals surface area (Å²) in [5.74, 6) is -0.219. The van der Waals surface area contributed by atoms with Gasteiger partial charge in [-0.3, -0.25) is 4.79 Å².